The van der Waals surface area contributed by atoms with Gasteiger partial charge in [-0.25, -0.2) is 0 Å². The minimum absolute atomic E-state index is 0.0295. The van der Waals surface area contributed by atoms with Gasteiger partial charge in [-0.3, -0.25) is 9.59 Å². The number of nitrogens with zero attached hydrogens (tertiary/aromatic N) is 1. The highest BCUT2D eigenvalue weighted by Gasteiger charge is 2.31. The minimum Gasteiger partial charge on any atom is -0.483 e. The Hall–Kier alpha value is -2.04. The van der Waals surface area contributed by atoms with E-state index in [4.69, 9.17) is 4.74 Å². The van der Waals surface area contributed by atoms with E-state index in [1.807, 2.05) is 32.9 Å². The molecule has 1 heterocycles. The molecule has 0 aliphatic carbocycles. The molecule has 5 nitrogen and oxygen atoms in total. The van der Waals surface area contributed by atoms with E-state index in [0.717, 1.165) is 29.7 Å². The summed E-state index contributed by atoms with van der Waals surface area (Å²) in [5, 5.41) is 2.64. The van der Waals surface area contributed by atoms with Crippen LogP contribution in [0, 0.1) is 20.8 Å². The van der Waals surface area contributed by atoms with Crippen LogP contribution in [0.1, 0.15) is 36.0 Å². The monoisotopic (exact) mass is 318 g/mol. The van der Waals surface area contributed by atoms with Gasteiger partial charge < -0.3 is 15.0 Å². The van der Waals surface area contributed by atoms with Gasteiger partial charge in [0.15, 0.2) is 6.61 Å². The van der Waals surface area contributed by atoms with Gasteiger partial charge in [-0.05, 0) is 51.2 Å². The van der Waals surface area contributed by atoms with E-state index in [9.17, 15) is 9.59 Å². The van der Waals surface area contributed by atoms with Crippen molar-refractivity contribution in [1.29, 1.82) is 0 Å². The molecular weight excluding hydrogens is 292 g/mol. The van der Waals surface area contributed by atoms with Crippen LogP contribution in [-0.4, -0.2) is 43.0 Å². The summed E-state index contributed by atoms with van der Waals surface area (Å²) >= 11 is 0. The van der Waals surface area contributed by atoms with Crippen molar-refractivity contribution >= 4 is 11.8 Å². The number of benzene rings is 1. The molecule has 0 radical (unpaired) electrons. The fraction of sp³-hybridized carbons (Fsp3) is 0.556. The third-order valence-electron chi connectivity index (χ3n) is 4.32. The van der Waals surface area contributed by atoms with E-state index < -0.39 is 0 Å². The second-order valence-corrected chi connectivity index (χ2v) is 6.23. The number of likely N-dealkylation sites (N-methyl/N-ethyl adjacent to an activating group) is 1. The van der Waals surface area contributed by atoms with Crippen LogP contribution in [0.3, 0.4) is 0 Å². The molecule has 1 aromatic carbocycles. The van der Waals surface area contributed by atoms with Gasteiger partial charge in [0, 0.05) is 13.6 Å². The molecule has 2 amide bonds. The highest BCUT2D eigenvalue weighted by atomic mass is 16.5. The Kier molecular flexibility index (Phi) is 5.64. The first kappa shape index (κ1) is 17.3. The molecule has 1 atom stereocenters. The topological polar surface area (TPSA) is 58.6 Å². The zero-order chi connectivity index (χ0) is 17.0. The smallest absolute Gasteiger partial charge is 0.261 e. The second kappa shape index (κ2) is 7.49. The number of nitrogens with one attached hydrogen (secondary N) is 1. The lowest BCUT2D eigenvalue weighted by atomic mass is 10.0. The Bertz CT molecular complexity index is 575. The van der Waals surface area contributed by atoms with Crippen LogP contribution in [0.2, 0.25) is 0 Å². The Labute approximate surface area is 138 Å². The first-order valence-electron chi connectivity index (χ1n) is 8.15. The normalized spacial score (nSPS) is 17.7. The standard InChI is InChI=1S/C18H26N2O3/c1-12-9-13(2)17(14(3)10-12)23-11-16(21)20-8-6-5-7-15(20)18(22)19-4/h9-10,15H,5-8,11H2,1-4H3,(H,19,22)/t15-/m0/s1. The van der Waals surface area contributed by atoms with E-state index in [2.05, 4.69) is 5.32 Å². The molecule has 1 fully saturated rings. The fourth-order valence-corrected chi connectivity index (χ4v) is 3.28. The zero-order valence-corrected chi connectivity index (χ0v) is 14.4. The van der Waals surface area contributed by atoms with E-state index in [1.165, 1.54) is 5.56 Å². The summed E-state index contributed by atoms with van der Waals surface area (Å²) in [5.41, 5.74) is 3.22. The molecule has 0 bridgehead atoms. The van der Waals surface area contributed by atoms with Gasteiger partial charge in [-0.1, -0.05) is 17.7 Å². The predicted octanol–water partition coefficient (Wildman–Crippen LogP) is 2.12. The van der Waals surface area contributed by atoms with Crippen molar-refractivity contribution in [2.45, 2.75) is 46.1 Å². The summed E-state index contributed by atoms with van der Waals surface area (Å²) in [5.74, 6) is 0.538. The number of carbonyl (C=O) groups is 2. The van der Waals surface area contributed by atoms with Crippen molar-refractivity contribution in [3.8, 4) is 5.75 Å². The van der Waals surface area contributed by atoms with Crippen LogP contribution < -0.4 is 10.1 Å². The van der Waals surface area contributed by atoms with E-state index in [1.54, 1.807) is 11.9 Å². The van der Waals surface area contributed by atoms with Crippen LogP contribution in [-0.2, 0) is 9.59 Å². The molecule has 0 saturated carbocycles. The predicted molar refractivity (Wildman–Crippen MR) is 89.6 cm³/mol. The summed E-state index contributed by atoms with van der Waals surface area (Å²) in [6.07, 6.45) is 2.62. The minimum atomic E-state index is -0.370. The molecule has 0 unspecified atom stereocenters. The third-order valence-corrected chi connectivity index (χ3v) is 4.32. The molecule has 0 aromatic heterocycles. The van der Waals surface area contributed by atoms with E-state index in [-0.39, 0.29) is 24.5 Å². The number of hydrogen-bond acceptors (Lipinski definition) is 3. The lowest BCUT2D eigenvalue weighted by Crippen LogP contribution is -2.52. The van der Waals surface area contributed by atoms with Crippen molar-refractivity contribution in [1.82, 2.24) is 10.2 Å². The van der Waals surface area contributed by atoms with Crippen LogP contribution in [0.15, 0.2) is 12.1 Å². The summed E-state index contributed by atoms with van der Waals surface area (Å²) < 4.78 is 5.78. The highest BCUT2D eigenvalue weighted by Crippen LogP contribution is 2.25. The second-order valence-electron chi connectivity index (χ2n) is 6.23. The van der Waals surface area contributed by atoms with Crippen molar-refractivity contribution in [3.63, 3.8) is 0 Å². The maximum absolute atomic E-state index is 12.5. The molecule has 0 spiro atoms. The van der Waals surface area contributed by atoms with Crippen LogP contribution in [0.5, 0.6) is 5.75 Å². The van der Waals surface area contributed by atoms with Gasteiger partial charge in [0.1, 0.15) is 11.8 Å². The largest absolute Gasteiger partial charge is 0.483 e. The Morgan fingerprint density at radius 3 is 2.48 bits per heavy atom. The number of rotatable bonds is 4. The van der Waals surface area contributed by atoms with Crippen LogP contribution in [0.4, 0.5) is 0 Å². The van der Waals surface area contributed by atoms with Crippen LogP contribution in [0.25, 0.3) is 0 Å². The number of piperidine rings is 1. The summed E-state index contributed by atoms with van der Waals surface area (Å²) in [4.78, 5) is 26.1. The van der Waals surface area contributed by atoms with E-state index in [0.29, 0.717) is 13.0 Å². The average Bonchev–Trinajstić information content (AvgIpc) is 2.52. The zero-order valence-electron chi connectivity index (χ0n) is 14.4. The maximum Gasteiger partial charge on any atom is 0.261 e. The van der Waals surface area contributed by atoms with Gasteiger partial charge in [-0.2, -0.15) is 0 Å². The molecule has 1 N–H and O–H groups in total. The van der Waals surface area contributed by atoms with Gasteiger partial charge in [0.05, 0.1) is 0 Å². The molecule has 5 heteroatoms. The first-order valence-corrected chi connectivity index (χ1v) is 8.15. The molecule has 126 valence electrons. The molecule has 23 heavy (non-hydrogen) atoms. The molecule has 1 saturated heterocycles. The van der Waals surface area contributed by atoms with E-state index >= 15 is 0 Å². The molecule has 1 aromatic rings. The number of amides is 2. The van der Waals surface area contributed by atoms with Gasteiger partial charge >= 0.3 is 0 Å². The Balaban J connectivity index is 2.05. The number of aryl methyl sites for hydroxylation is 3. The fourth-order valence-electron chi connectivity index (χ4n) is 3.28. The third kappa shape index (κ3) is 4.03. The van der Waals surface area contributed by atoms with Crippen molar-refractivity contribution in [2.24, 2.45) is 0 Å². The summed E-state index contributed by atoms with van der Waals surface area (Å²) in [7, 11) is 1.61. The lowest BCUT2D eigenvalue weighted by molar-refractivity contribution is -0.143. The first-order chi connectivity index (χ1) is 10.9. The number of hydrogen-bond donors (Lipinski definition) is 1. The van der Waals surface area contributed by atoms with Gasteiger partial charge in [0.2, 0.25) is 5.91 Å². The molecule has 1 aliphatic rings. The number of likely N-dealkylation sites (tertiary alicyclic amines) is 1. The van der Waals surface area contributed by atoms with Crippen LogP contribution >= 0.6 is 0 Å². The molecule has 2 rings (SSSR count). The molecular formula is C18H26N2O3. The van der Waals surface area contributed by atoms with Crippen molar-refractivity contribution in [3.05, 3.63) is 28.8 Å². The lowest BCUT2D eigenvalue weighted by Gasteiger charge is -2.34. The Morgan fingerprint density at radius 2 is 1.87 bits per heavy atom. The summed E-state index contributed by atoms with van der Waals surface area (Å²) in [6, 6.07) is 3.72. The SMILES string of the molecule is CNC(=O)[C@@H]1CCCCN1C(=O)COc1c(C)cc(C)cc1C. The van der Waals surface area contributed by atoms with Gasteiger partial charge in [-0.15, -0.1) is 0 Å². The summed E-state index contributed by atoms with van der Waals surface area (Å²) in [6.45, 7) is 6.59. The number of carbonyl (C=O) groups excluding carboxylic acids is 2. The van der Waals surface area contributed by atoms with Gasteiger partial charge in [0.25, 0.3) is 5.91 Å². The van der Waals surface area contributed by atoms with Crippen molar-refractivity contribution in [2.75, 3.05) is 20.2 Å². The quantitative estimate of drug-likeness (QED) is 0.925. The highest BCUT2D eigenvalue weighted by molar-refractivity contribution is 5.88. The average molecular weight is 318 g/mol. The maximum atomic E-state index is 12.5. The van der Waals surface area contributed by atoms with Crippen molar-refractivity contribution < 1.29 is 14.3 Å². The number of ether oxygens (including phenoxy) is 1. The molecule has 1 aliphatic heterocycles. The Morgan fingerprint density at radius 1 is 1.22 bits per heavy atom.